The van der Waals surface area contributed by atoms with Gasteiger partial charge in [-0.1, -0.05) is 30.7 Å². The maximum atomic E-state index is 12.7. The molecule has 2 amide bonds. The number of benzene rings is 1. The lowest BCUT2D eigenvalue weighted by Crippen LogP contribution is -2.39. The van der Waals surface area contributed by atoms with Crippen LogP contribution in [0.1, 0.15) is 46.2 Å². The first-order valence-electron chi connectivity index (χ1n) is 9.31. The highest BCUT2D eigenvalue weighted by Gasteiger charge is 2.22. The highest BCUT2D eigenvalue weighted by atomic mass is 35.5. The van der Waals surface area contributed by atoms with Crippen molar-refractivity contribution < 1.29 is 9.59 Å². The Morgan fingerprint density at radius 3 is 2.93 bits per heavy atom. The van der Waals surface area contributed by atoms with Gasteiger partial charge in [0.15, 0.2) is 0 Å². The fourth-order valence-corrected chi connectivity index (χ4v) is 3.56. The number of hydrogen-bond donors (Lipinski definition) is 1. The van der Waals surface area contributed by atoms with Crippen LogP contribution in [0.4, 0.5) is 0 Å². The van der Waals surface area contributed by atoms with E-state index in [2.05, 4.69) is 17.2 Å². The van der Waals surface area contributed by atoms with Gasteiger partial charge in [-0.3, -0.25) is 14.6 Å². The number of piperidine rings is 1. The third-order valence-electron chi connectivity index (χ3n) is 4.77. The Bertz CT molecular complexity index is 825. The molecule has 0 spiro atoms. The van der Waals surface area contributed by atoms with Crippen molar-refractivity contribution in [2.45, 2.75) is 26.2 Å². The molecule has 5 nitrogen and oxygen atoms in total. The van der Waals surface area contributed by atoms with Crippen molar-refractivity contribution in [2.24, 2.45) is 5.92 Å². The van der Waals surface area contributed by atoms with Crippen molar-refractivity contribution in [3.63, 3.8) is 0 Å². The van der Waals surface area contributed by atoms with E-state index in [4.69, 9.17) is 11.6 Å². The van der Waals surface area contributed by atoms with E-state index < -0.39 is 0 Å². The van der Waals surface area contributed by atoms with Crippen molar-refractivity contribution in [3.05, 3.63) is 64.4 Å². The second-order valence-corrected chi connectivity index (χ2v) is 7.50. The molecule has 0 saturated carbocycles. The van der Waals surface area contributed by atoms with Gasteiger partial charge in [0.2, 0.25) is 0 Å². The second kappa shape index (κ2) is 9.00. The second-order valence-electron chi connectivity index (χ2n) is 7.06. The summed E-state index contributed by atoms with van der Waals surface area (Å²) in [6, 6.07) is 10.8. The number of aromatic nitrogens is 1. The molecule has 3 rings (SSSR count). The van der Waals surface area contributed by atoms with E-state index in [9.17, 15) is 9.59 Å². The van der Waals surface area contributed by atoms with Crippen LogP contribution in [-0.4, -0.2) is 41.3 Å². The van der Waals surface area contributed by atoms with E-state index in [0.29, 0.717) is 29.5 Å². The van der Waals surface area contributed by atoms with Gasteiger partial charge in [-0.2, -0.15) is 0 Å². The molecule has 1 saturated heterocycles. The smallest absolute Gasteiger partial charge is 0.269 e. The van der Waals surface area contributed by atoms with Crippen molar-refractivity contribution in [1.82, 2.24) is 15.2 Å². The molecule has 1 aliphatic heterocycles. The summed E-state index contributed by atoms with van der Waals surface area (Å²) in [7, 11) is 0. The molecule has 1 N–H and O–H groups in total. The van der Waals surface area contributed by atoms with Crippen LogP contribution in [0.2, 0.25) is 5.02 Å². The number of nitrogens with one attached hydrogen (secondary N) is 1. The molecule has 2 heterocycles. The van der Waals surface area contributed by atoms with Gasteiger partial charge >= 0.3 is 0 Å². The van der Waals surface area contributed by atoms with Crippen LogP contribution in [0, 0.1) is 5.92 Å². The van der Waals surface area contributed by atoms with Crippen LogP contribution in [0.3, 0.4) is 0 Å². The van der Waals surface area contributed by atoms with Gasteiger partial charge in [0.05, 0.1) is 0 Å². The fraction of sp³-hybridized carbons (Fsp3) is 0.381. The summed E-state index contributed by atoms with van der Waals surface area (Å²) in [4.78, 5) is 31.1. The first kappa shape index (κ1) is 19.4. The first-order chi connectivity index (χ1) is 13.0. The predicted molar refractivity (Wildman–Crippen MR) is 106 cm³/mol. The van der Waals surface area contributed by atoms with E-state index >= 15 is 0 Å². The number of pyridine rings is 1. The summed E-state index contributed by atoms with van der Waals surface area (Å²) in [6.07, 6.45) is 4.37. The molecule has 1 aromatic heterocycles. The third-order valence-corrected chi connectivity index (χ3v) is 5.01. The lowest BCUT2D eigenvalue weighted by atomic mass is 9.99. The Labute approximate surface area is 164 Å². The number of hydrogen-bond acceptors (Lipinski definition) is 3. The van der Waals surface area contributed by atoms with E-state index in [1.807, 2.05) is 29.2 Å². The summed E-state index contributed by atoms with van der Waals surface area (Å²) in [5, 5.41) is 3.53. The van der Waals surface area contributed by atoms with Gasteiger partial charge in [-0.05, 0) is 55.0 Å². The average Bonchev–Trinajstić information content (AvgIpc) is 2.67. The maximum Gasteiger partial charge on any atom is 0.269 e. The summed E-state index contributed by atoms with van der Waals surface area (Å²) < 4.78 is 0. The molecular weight excluding hydrogens is 362 g/mol. The summed E-state index contributed by atoms with van der Waals surface area (Å²) in [5.41, 5.74) is 1.83. The highest BCUT2D eigenvalue weighted by Crippen LogP contribution is 2.18. The third kappa shape index (κ3) is 5.30. The van der Waals surface area contributed by atoms with Crippen LogP contribution in [0.5, 0.6) is 0 Å². The van der Waals surface area contributed by atoms with E-state index in [1.54, 1.807) is 12.1 Å². The number of rotatable bonds is 5. The molecule has 1 unspecified atom stereocenters. The Balaban J connectivity index is 1.59. The molecule has 0 radical (unpaired) electrons. The molecule has 1 aromatic carbocycles. The van der Waals surface area contributed by atoms with Gasteiger partial charge in [-0.15, -0.1) is 0 Å². The largest absolute Gasteiger partial charge is 0.350 e. The first-order valence-corrected chi connectivity index (χ1v) is 9.68. The van der Waals surface area contributed by atoms with Crippen molar-refractivity contribution in [1.29, 1.82) is 0 Å². The van der Waals surface area contributed by atoms with Gasteiger partial charge in [0.25, 0.3) is 11.8 Å². The number of likely N-dealkylation sites (tertiary alicyclic amines) is 1. The molecule has 6 heteroatoms. The topological polar surface area (TPSA) is 62.3 Å². The van der Waals surface area contributed by atoms with Crippen LogP contribution in [-0.2, 0) is 6.42 Å². The zero-order valence-electron chi connectivity index (χ0n) is 15.5. The van der Waals surface area contributed by atoms with Gasteiger partial charge < -0.3 is 10.2 Å². The normalized spacial score (nSPS) is 16.8. The minimum Gasteiger partial charge on any atom is -0.350 e. The number of halogens is 1. The Morgan fingerprint density at radius 2 is 2.15 bits per heavy atom. The number of carbonyl (C=O) groups is 2. The molecule has 0 bridgehead atoms. The predicted octanol–water partition coefficient (Wildman–Crippen LogP) is 3.58. The lowest BCUT2D eigenvalue weighted by molar-refractivity contribution is 0.0683. The van der Waals surface area contributed by atoms with E-state index in [-0.39, 0.29) is 17.5 Å². The molecule has 1 fully saturated rings. The van der Waals surface area contributed by atoms with Gasteiger partial charge in [0, 0.05) is 36.4 Å². The molecule has 0 aliphatic carbocycles. The van der Waals surface area contributed by atoms with Gasteiger partial charge in [0.1, 0.15) is 5.69 Å². The zero-order valence-corrected chi connectivity index (χ0v) is 16.2. The SMILES string of the molecule is CC1CCCN(C(=O)c2ccnc(C(=O)NCCc3cccc(Cl)c3)c2)C1. The van der Waals surface area contributed by atoms with Crippen LogP contribution in [0.25, 0.3) is 0 Å². The Kier molecular flexibility index (Phi) is 6.45. The zero-order chi connectivity index (χ0) is 19.2. The lowest BCUT2D eigenvalue weighted by Gasteiger charge is -2.31. The highest BCUT2D eigenvalue weighted by molar-refractivity contribution is 6.30. The minimum atomic E-state index is -0.279. The van der Waals surface area contributed by atoms with Crippen LogP contribution >= 0.6 is 11.6 Å². The van der Waals surface area contributed by atoms with Crippen LogP contribution < -0.4 is 5.32 Å². The van der Waals surface area contributed by atoms with Crippen molar-refractivity contribution >= 4 is 23.4 Å². The van der Waals surface area contributed by atoms with Gasteiger partial charge in [-0.25, -0.2) is 0 Å². The Morgan fingerprint density at radius 1 is 1.30 bits per heavy atom. The number of nitrogens with zero attached hydrogens (tertiary/aromatic N) is 2. The van der Waals surface area contributed by atoms with Crippen molar-refractivity contribution in [2.75, 3.05) is 19.6 Å². The number of amides is 2. The van der Waals surface area contributed by atoms with E-state index in [1.165, 1.54) is 6.20 Å². The Hall–Kier alpha value is -2.40. The molecule has 2 aromatic rings. The standard InChI is InChI=1S/C21H24ClN3O2/c1-15-4-3-11-25(14-15)21(27)17-8-10-23-19(13-17)20(26)24-9-7-16-5-2-6-18(22)12-16/h2,5-6,8,10,12-13,15H,3-4,7,9,11,14H2,1H3,(H,24,26). The average molecular weight is 386 g/mol. The molecule has 142 valence electrons. The maximum absolute atomic E-state index is 12.7. The fourth-order valence-electron chi connectivity index (χ4n) is 3.35. The minimum absolute atomic E-state index is 0.0306. The van der Waals surface area contributed by atoms with Crippen molar-refractivity contribution in [3.8, 4) is 0 Å². The quantitative estimate of drug-likeness (QED) is 0.855. The monoisotopic (exact) mass is 385 g/mol. The molecular formula is C21H24ClN3O2. The summed E-state index contributed by atoms with van der Waals surface area (Å²) in [5.74, 6) is 0.203. The molecule has 1 atom stereocenters. The molecule has 1 aliphatic rings. The summed E-state index contributed by atoms with van der Waals surface area (Å²) >= 11 is 5.97. The summed E-state index contributed by atoms with van der Waals surface area (Å²) in [6.45, 7) is 4.17. The van der Waals surface area contributed by atoms with Crippen LogP contribution in [0.15, 0.2) is 42.6 Å². The molecule has 27 heavy (non-hydrogen) atoms. The number of carbonyl (C=O) groups excluding carboxylic acids is 2. The van der Waals surface area contributed by atoms with E-state index in [0.717, 1.165) is 31.5 Å².